The summed E-state index contributed by atoms with van der Waals surface area (Å²) in [7, 11) is 3.93. The first-order chi connectivity index (χ1) is 14.9. The zero-order valence-electron chi connectivity index (χ0n) is 17.2. The Morgan fingerprint density at radius 3 is 2.81 bits per heavy atom. The van der Waals surface area contributed by atoms with Crippen LogP contribution < -0.4 is 10.6 Å². The molecule has 0 unspecified atom stereocenters. The number of nitrogens with one attached hydrogen (secondary N) is 2. The number of amides is 2. The second-order valence-corrected chi connectivity index (χ2v) is 8.79. The highest BCUT2D eigenvalue weighted by Gasteiger charge is 2.24. The third-order valence-corrected chi connectivity index (χ3v) is 5.60. The van der Waals surface area contributed by atoms with Crippen LogP contribution in [0.2, 0.25) is 0 Å². The lowest BCUT2D eigenvalue weighted by Gasteiger charge is -2.10. The van der Waals surface area contributed by atoms with Crippen molar-refractivity contribution in [1.29, 1.82) is 0 Å². The number of fused-ring (bicyclic) bond motifs is 1. The zero-order chi connectivity index (χ0) is 22.0. The Hall–Kier alpha value is -2.91. The van der Waals surface area contributed by atoms with Gasteiger partial charge >= 0.3 is 0 Å². The van der Waals surface area contributed by atoms with Gasteiger partial charge in [0.25, 0.3) is 11.8 Å². The van der Waals surface area contributed by atoms with Crippen molar-refractivity contribution in [2.24, 2.45) is 0 Å². The molecule has 6 nitrogen and oxygen atoms in total. The number of hydrogen-bond acceptors (Lipinski definition) is 4. The Kier molecular flexibility index (Phi) is 6.24. The average Bonchev–Trinajstić information content (AvgIpc) is 3.33. The largest absolute Gasteiger partial charge is 0.457 e. The van der Waals surface area contributed by atoms with Crippen molar-refractivity contribution in [3.8, 4) is 11.3 Å². The van der Waals surface area contributed by atoms with E-state index in [0.717, 1.165) is 26.9 Å². The van der Waals surface area contributed by atoms with Crippen molar-refractivity contribution < 1.29 is 14.0 Å². The number of anilines is 1. The standard InChI is InChI=1S/C24H22IN3O3/c1-28(2)11-10-26-23(29)16-5-3-4-15(12-16)22-9-7-18(31-22)14-20-19-13-17(25)6-8-21(19)27-24(20)30/h3-9,12-14H,10-11H2,1-2H3,(H,26,29)(H,27,30)/b20-14+. The van der Waals surface area contributed by atoms with Crippen molar-refractivity contribution in [2.45, 2.75) is 0 Å². The van der Waals surface area contributed by atoms with Gasteiger partial charge in [0.1, 0.15) is 11.5 Å². The molecule has 1 aromatic heterocycles. The molecule has 0 aliphatic carbocycles. The number of carbonyl (C=O) groups excluding carboxylic acids is 2. The molecule has 2 heterocycles. The Morgan fingerprint density at radius 1 is 1.16 bits per heavy atom. The Labute approximate surface area is 194 Å². The van der Waals surface area contributed by atoms with Crippen molar-refractivity contribution in [3.63, 3.8) is 0 Å². The van der Waals surface area contributed by atoms with Crippen LogP contribution in [0.4, 0.5) is 5.69 Å². The van der Waals surface area contributed by atoms with Gasteiger partial charge in [-0.1, -0.05) is 12.1 Å². The van der Waals surface area contributed by atoms with Gasteiger partial charge < -0.3 is 20.0 Å². The Morgan fingerprint density at radius 2 is 2.00 bits per heavy atom. The Balaban J connectivity index is 1.55. The van der Waals surface area contributed by atoms with Crippen molar-refractivity contribution in [2.75, 3.05) is 32.5 Å². The lowest BCUT2D eigenvalue weighted by Crippen LogP contribution is -2.31. The third kappa shape index (κ3) is 4.88. The highest BCUT2D eigenvalue weighted by Crippen LogP contribution is 2.35. The maximum Gasteiger partial charge on any atom is 0.256 e. The maximum atomic E-state index is 12.4. The second kappa shape index (κ2) is 9.07. The fraction of sp³-hybridized carbons (Fsp3) is 0.167. The van der Waals surface area contributed by atoms with Crippen LogP contribution in [0.3, 0.4) is 0 Å². The lowest BCUT2D eigenvalue weighted by molar-refractivity contribution is -0.110. The van der Waals surface area contributed by atoms with E-state index in [2.05, 4.69) is 33.2 Å². The molecule has 7 heteroatoms. The summed E-state index contributed by atoms with van der Waals surface area (Å²) in [5, 5.41) is 5.79. The quantitative estimate of drug-likeness (QED) is 0.370. The van der Waals surface area contributed by atoms with Crippen LogP contribution in [0.5, 0.6) is 0 Å². The van der Waals surface area contributed by atoms with Gasteiger partial charge in [0.2, 0.25) is 0 Å². The SMILES string of the molecule is CN(C)CCNC(=O)c1cccc(-c2ccc(/C=C3/C(=O)Nc4ccc(I)cc43)o2)c1. The lowest BCUT2D eigenvalue weighted by atomic mass is 10.1. The number of benzene rings is 2. The first kappa shape index (κ1) is 21.3. The smallest absolute Gasteiger partial charge is 0.256 e. The molecule has 31 heavy (non-hydrogen) atoms. The van der Waals surface area contributed by atoms with Gasteiger partial charge in [-0.25, -0.2) is 0 Å². The fourth-order valence-electron chi connectivity index (χ4n) is 3.34. The summed E-state index contributed by atoms with van der Waals surface area (Å²) in [5.74, 6) is 0.946. The van der Waals surface area contributed by atoms with Gasteiger partial charge in [-0.3, -0.25) is 9.59 Å². The first-order valence-electron chi connectivity index (χ1n) is 9.87. The normalized spacial score (nSPS) is 14.1. The van der Waals surface area contributed by atoms with E-state index in [4.69, 9.17) is 4.42 Å². The van der Waals surface area contributed by atoms with Gasteiger partial charge in [-0.05, 0) is 85.2 Å². The van der Waals surface area contributed by atoms with E-state index < -0.39 is 0 Å². The minimum absolute atomic E-state index is 0.119. The van der Waals surface area contributed by atoms with Crippen LogP contribution >= 0.6 is 22.6 Å². The third-order valence-electron chi connectivity index (χ3n) is 4.93. The van der Waals surface area contributed by atoms with Crippen LogP contribution in [-0.4, -0.2) is 43.9 Å². The van der Waals surface area contributed by atoms with Gasteiger partial charge in [0.15, 0.2) is 0 Å². The van der Waals surface area contributed by atoms with Gasteiger partial charge in [-0.15, -0.1) is 0 Å². The molecule has 2 aromatic carbocycles. The van der Waals surface area contributed by atoms with E-state index in [1.54, 1.807) is 18.2 Å². The molecule has 2 N–H and O–H groups in total. The van der Waals surface area contributed by atoms with Crippen LogP contribution in [0.1, 0.15) is 21.7 Å². The number of hydrogen-bond donors (Lipinski definition) is 2. The number of likely N-dealkylation sites (N-methyl/N-ethyl adjacent to an activating group) is 1. The molecule has 0 saturated carbocycles. The minimum atomic E-state index is -0.147. The predicted octanol–water partition coefficient (Wildman–Crippen LogP) is 4.34. The zero-order valence-corrected chi connectivity index (χ0v) is 19.4. The number of rotatable bonds is 6. The Bertz CT molecular complexity index is 1180. The molecule has 1 aliphatic rings. The van der Waals surface area contributed by atoms with E-state index >= 15 is 0 Å². The van der Waals surface area contributed by atoms with E-state index in [9.17, 15) is 9.59 Å². The number of halogens is 1. The molecule has 0 radical (unpaired) electrons. The fourth-order valence-corrected chi connectivity index (χ4v) is 3.83. The van der Waals surface area contributed by atoms with Gasteiger partial charge in [0, 0.05) is 39.0 Å². The minimum Gasteiger partial charge on any atom is -0.457 e. The number of carbonyl (C=O) groups is 2. The van der Waals surface area contributed by atoms with E-state index in [1.807, 2.05) is 61.5 Å². The molecule has 158 valence electrons. The predicted molar refractivity (Wildman–Crippen MR) is 131 cm³/mol. The monoisotopic (exact) mass is 527 g/mol. The summed E-state index contributed by atoms with van der Waals surface area (Å²) in [5.41, 5.74) is 3.62. The van der Waals surface area contributed by atoms with E-state index in [-0.39, 0.29) is 11.8 Å². The molecular formula is C24H22IN3O3. The summed E-state index contributed by atoms with van der Waals surface area (Å²) in [6.45, 7) is 1.36. The average molecular weight is 527 g/mol. The molecule has 0 atom stereocenters. The maximum absolute atomic E-state index is 12.4. The molecule has 2 amide bonds. The number of furan rings is 1. The second-order valence-electron chi connectivity index (χ2n) is 7.54. The van der Waals surface area contributed by atoms with Gasteiger partial charge in [0.05, 0.1) is 5.57 Å². The van der Waals surface area contributed by atoms with Crippen LogP contribution in [0.25, 0.3) is 23.0 Å². The molecule has 3 aromatic rings. The molecule has 0 fully saturated rings. The van der Waals surface area contributed by atoms with Gasteiger partial charge in [-0.2, -0.15) is 0 Å². The van der Waals surface area contributed by atoms with Crippen molar-refractivity contribution >= 4 is 51.7 Å². The highest BCUT2D eigenvalue weighted by molar-refractivity contribution is 14.1. The summed E-state index contributed by atoms with van der Waals surface area (Å²) < 4.78 is 7.03. The molecule has 0 spiro atoms. The van der Waals surface area contributed by atoms with E-state index in [0.29, 0.717) is 29.2 Å². The van der Waals surface area contributed by atoms with Crippen LogP contribution in [0, 0.1) is 3.57 Å². The van der Waals surface area contributed by atoms with Crippen molar-refractivity contribution in [3.05, 3.63) is 75.1 Å². The topological polar surface area (TPSA) is 74.6 Å². The summed E-state index contributed by atoms with van der Waals surface area (Å²) in [4.78, 5) is 26.8. The summed E-state index contributed by atoms with van der Waals surface area (Å²) in [6, 6.07) is 16.8. The summed E-state index contributed by atoms with van der Waals surface area (Å²) in [6.07, 6.45) is 1.75. The summed E-state index contributed by atoms with van der Waals surface area (Å²) >= 11 is 2.23. The number of nitrogens with zero attached hydrogens (tertiary/aromatic N) is 1. The first-order valence-corrected chi connectivity index (χ1v) is 10.9. The van der Waals surface area contributed by atoms with Crippen LogP contribution in [0.15, 0.2) is 59.0 Å². The molecule has 1 aliphatic heterocycles. The van der Waals surface area contributed by atoms with E-state index in [1.165, 1.54) is 0 Å². The molecular weight excluding hydrogens is 505 g/mol. The molecule has 0 saturated heterocycles. The molecule has 4 rings (SSSR count). The highest BCUT2D eigenvalue weighted by atomic mass is 127. The molecule has 0 bridgehead atoms. The van der Waals surface area contributed by atoms with Crippen LogP contribution in [-0.2, 0) is 4.79 Å². The van der Waals surface area contributed by atoms with Crippen molar-refractivity contribution in [1.82, 2.24) is 10.2 Å².